The fourth-order valence-corrected chi connectivity index (χ4v) is 1.85. The van der Waals surface area contributed by atoms with Crippen LogP contribution in [-0.4, -0.2) is 30.9 Å². The largest absolute Gasteiger partial charge is 0.340 e. The van der Waals surface area contributed by atoms with Crippen LogP contribution in [0.1, 0.15) is 12.5 Å². The Balaban J connectivity index is 2.50. The molecule has 0 fully saturated rings. The summed E-state index contributed by atoms with van der Waals surface area (Å²) >= 11 is 1.65. The molecule has 1 N–H and O–H groups in total. The summed E-state index contributed by atoms with van der Waals surface area (Å²) in [6.07, 6.45) is 0. The molecule has 1 heterocycles. The van der Waals surface area contributed by atoms with Crippen molar-refractivity contribution >= 4 is 17.2 Å². The van der Waals surface area contributed by atoms with Crippen LogP contribution < -0.4 is 5.32 Å². The number of carbonyl (C=O) groups is 1. The Labute approximate surface area is 88.7 Å². The van der Waals surface area contributed by atoms with E-state index in [1.165, 1.54) is 5.56 Å². The molecule has 1 aromatic heterocycles. The number of nitrogens with zero attached hydrogens (tertiary/aromatic N) is 1. The van der Waals surface area contributed by atoms with Gasteiger partial charge in [-0.05, 0) is 36.4 Å². The van der Waals surface area contributed by atoms with Crippen molar-refractivity contribution < 1.29 is 4.79 Å². The minimum Gasteiger partial charge on any atom is -0.340 e. The Bertz CT molecular complexity index is 284. The third kappa shape index (κ3) is 2.82. The van der Waals surface area contributed by atoms with Crippen LogP contribution in [0.25, 0.3) is 0 Å². The van der Waals surface area contributed by atoms with E-state index in [0.717, 1.165) is 0 Å². The van der Waals surface area contributed by atoms with E-state index in [1.54, 1.807) is 23.3 Å². The van der Waals surface area contributed by atoms with Crippen LogP contribution in [0.2, 0.25) is 0 Å². The van der Waals surface area contributed by atoms with Crippen LogP contribution in [0, 0.1) is 0 Å². The van der Waals surface area contributed by atoms with Gasteiger partial charge in [-0.25, -0.2) is 0 Å². The number of carbonyl (C=O) groups excluding carboxylic acids is 1. The van der Waals surface area contributed by atoms with E-state index in [2.05, 4.69) is 10.7 Å². The van der Waals surface area contributed by atoms with E-state index in [1.807, 2.05) is 25.4 Å². The van der Waals surface area contributed by atoms with Crippen molar-refractivity contribution in [2.75, 3.05) is 14.1 Å². The van der Waals surface area contributed by atoms with E-state index >= 15 is 0 Å². The first-order valence-electron chi connectivity index (χ1n) is 4.58. The van der Waals surface area contributed by atoms with E-state index in [4.69, 9.17) is 0 Å². The lowest BCUT2D eigenvalue weighted by Gasteiger charge is -2.20. The standard InChI is InChI=1S/C10H16N2OS/c1-8(11-2)10(13)12(3)6-9-4-5-14-7-9/h4-5,7-8,11H,6H2,1-3H3. The highest BCUT2D eigenvalue weighted by Crippen LogP contribution is 2.08. The van der Waals surface area contributed by atoms with Crippen LogP contribution in [0.15, 0.2) is 16.8 Å². The number of rotatable bonds is 4. The first kappa shape index (κ1) is 11.2. The normalized spacial score (nSPS) is 12.5. The van der Waals surface area contributed by atoms with Gasteiger partial charge in [0.25, 0.3) is 0 Å². The van der Waals surface area contributed by atoms with Crippen molar-refractivity contribution in [3.63, 3.8) is 0 Å². The summed E-state index contributed by atoms with van der Waals surface area (Å²) in [6, 6.07) is 1.93. The van der Waals surface area contributed by atoms with Gasteiger partial charge < -0.3 is 10.2 Å². The highest BCUT2D eigenvalue weighted by Gasteiger charge is 2.15. The van der Waals surface area contributed by atoms with E-state index in [0.29, 0.717) is 6.54 Å². The summed E-state index contributed by atoms with van der Waals surface area (Å²) in [5, 5.41) is 7.02. The van der Waals surface area contributed by atoms with Gasteiger partial charge in [-0.15, -0.1) is 0 Å². The summed E-state index contributed by atoms with van der Waals surface area (Å²) in [7, 11) is 3.62. The molecular formula is C10H16N2OS. The van der Waals surface area contributed by atoms with Crippen LogP contribution in [-0.2, 0) is 11.3 Å². The summed E-state index contributed by atoms with van der Waals surface area (Å²) in [5.41, 5.74) is 1.19. The van der Waals surface area contributed by atoms with Crippen molar-refractivity contribution in [3.05, 3.63) is 22.4 Å². The maximum absolute atomic E-state index is 11.7. The molecule has 0 aliphatic heterocycles. The Kier molecular flexibility index (Phi) is 4.10. The van der Waals surface area contributed by atoms with Gasteiger partial charge in [-0.3, -0.25) is 4.79 Å². The van der Waals surface area contributed by atoms with E-state index in [9.17, 15) is 4.79 Å². The molecule has 0 bridgehead atoms. The number of likely N-dealkylation sites (N-methyl/N-ethyl adjacent to an activating group) is 2. The zero-order valence-corrected chi connectivity index (χ0v) is 9.60. The smallest absolute Gasteiger partial charge is 0.239 e. The van der Waals surface area contributed by atoms with Crippen molar-refractivity contribution in [1.82, 2.24) is 10.2 Å². The number of amides is 1. The predicted molar refractivity (Wildman–Crippen MR) is 59.3 cm³/mol. The summed E-state index contributed by atoms with van der Waals surface area (Å²) in [6.45, 7) is 2.56. The Morgan fingerprint density at radius 2 is 2.43 bits per heavy atom. The lowest BCUT2D eigenvalue weighted by molar-refractivity contribution is -0.132. The molecule has 0 aliphatic carbocycles. The number of hydrogen-bond donors (Lipinski definition) is 1. The van der Waals surface area contributed by atoms with Crippen LogP contribution in [0.3, 0.4) is 0 Å². The van der Waals surface area contributed by atoms with E-state index in [-0.39, 0.29) is 11.9 Å². The highest BCUT2D eigenvalue weighted by molar-refractivity contribution is 7.07. The van der Waals surface area contributed by atoms with Gasteiger partial charge in [0.05, 0.1) is 6.04 Å². The summed E-state index contributed by atoms with van der Waals surface area (Å²) in [5.74, 6) is 0.124. The van der Waals surface area contributed by atoms with Crippen LogP contribution in [0.4, 0.5) is 0 Å². The van der Waals surface area contributed by atoms with Gasteiger partial charge in [0, 0.05) is 13.6 Å². The topological polar surface area (TPSA) is 32.3 Å². The van der Waals surface area contributed by atoms with Crippen molar-refractivity contribution in [2.45, 2.75) is 19.5 Å². The SMILES string of the molecule is CNC(C)C(=O)N(C)Cc1ccsc1. The fourth-order valence-electron chi connectivity index (χ4n) is 1.19. The second-order valence-electron chi connectivity index (χ2n) is 3.34. The van der Waals surface area contributed by atoms with Gasteiger partial charge in [-0.2, -0.15) is 11.3 Å². The molecular weight excluding hydrogens is 196 g/mol. The third-order valence-electron chi connectivity index (χ3n) is 2.18. The van der Waals surface area contributed by atoms with Crippen LogP contribution >= 0.6 is 11.3 Å². The first-order chi connectivity index (χ1) is 6.65. The molecule has 0 aromatic carbocycles. The Morgan fingerprint density at radius 1 is 1.71 bits per heavy atom. The lowest BCUT2D eigenvalue weighted by atomic mass is 10.2. The second-order valence-corrected chi connectivity index (χ2v) is 4.12. The minimum absolute atomic E-state index is 0.112. The van der Waals surface area contributed by atoms with E-state index < -0.39 is 0 Å². The van der Waals surface area contributed by atoms with Crippen LogP contribution in [0.5, 0.6) is 0 Å². The maximum Gasteiger partial charge on any atom is 0.239 e. The molecule has 0 spiro atoms. The Morgan fingerprint density at radius 3 is 2.93 bits per heavy atom. The zero-order chi connectivity index (χ0) is 10.6. The first-order valence-corrected chi connectivity index (χ1v) is 5.52. The molecule has 1 unspecified atom stereocenters. The number of thiophene rings is 1. The quantitative estimate of drug-likeness (QED) is 0.816. The summed E-state index contributed by atoms with van der Waals surface area (Å²) < 4.78 is 0. The molecule has 0 saturated carbocycles. The minimum atomic E-state index is -0.112. The average Bonchev–Trinajstić information content (AvgIpc) is 2.68. The van der Waals surface area contributed by atoms with Gasteiger partial charge in [-0.1, -0.05) is 0 Å². The average molecular weight is 212 g/mol. The predicted octanol–water partition coefficient (Wildman–Crippen LogP) is 1.31. The molecule has 78 valence electrons. The molecule has 14 heavy (non-hydrogen) atoms. The molecule has 4 heteroatoms. The fraction of sp³-hybridized carbons (Fsp3) is 0.500. The van der Waals surface area contributed by atoms with Gasteiger partial charge in [0.15, 0.2) is 0 Å². The number of nitrogens with one attached hydrogen (secondary N) is 1. The molecule has 0 radical (unpaired) electrons. The van der Waals surface area contributed by atoms with Crippen molar-refractivity contribution in [1.29, 1.82) is 0 Å². The van der Waals surface area contributed by atoms with Crippen molar-refractivity contribution in [3.8, 4) is 0 Å². The zero-order valence-electron chi connectivity index (χ0n) is 8.78. The second kappa shape index (κ2) is 5.12. The summed E-state index contributed by atoms with van der Waals surface area (Å²) in [4.78, 5) is 13.4. The molecule has 1 atom stereocenters. The molecule has 1 aromatic rings. The van der Waals surface area contributed by atoms with Gasteiger partial charge >= 0.3 is 0 Å². The molecule has 1 amide bonds. The molecule has 0 saturated heterocycles. The highest BCUT2D eigenvalue weighted by atomic mass is 32.1. The molecule has 0 aliphatic rings. The van der Waals surface area contributed by atoms with Gasteiger partial charge in [0.2, 0.25) is 5.91 Å². The Hall–Kier alpha value is -0.870. The van der Waals surface area contributed by atoms with Crippen molar-refractivity contribution in [2.24, 2.45) is 0 Å². The monoisotopic (exact) mass is 212 g/mol. The molecule has 1 rings (SSSR count). The third-order valence-corrected chi connectivity index (χ3v) is 2.91. The van der Waals surface area contributed by atoms with Gasteiger partial charge in [0.1, 0.15) is 0 Å². The number of hydrogen-bond acceptors (Lipinski definition) is 3. The maximum atomic E-state index is 11.7. The lowest BCUT2D eigenvalue weighted by Crippen LogP contribution is -2.41. The molecule has 3 nitrogen and oxygen atoms in total.